The topological polar surface area (TPSA) is 57.0 Å². The molecule has 5 nitrogen and oxygen atoms in total. The highest BCUT2D eigenvalue weighted by molar-refractivity contribution is 5.81. The molecule has 0 saturated heterocycles. The van der Waals surface area contributed by atoms with Gasteiger partial charge in [-0.1, -0.05) is 6.07 Å². The summed E-state index contributed by atoms with van der Waals surface area (Å²) in [6.07, 6.45) is 3.90. The largest absolute Gasteiger partial charge is 0.468 e. The zero-order chi connectivity index (χ0) is 14.0. The van der Waals surface area contributed by atoms with Gasteiger partial charge in [0, 0.05) is 6.20 Å². The number of carbonyl (C=O) groups excluding carboxylic acids is 1. The lowest BCUT2D eigenvalue weighted by Gasteiger charge is -2.21. The van der Waals surface area contributed by atoms with Crippen LogP contribution in [0.2, 0.25) is 0 Å². The predicted octanol–water partition coefficient (Wildman–Crippen LogP) is 1.86. The van der Waals surface area contributed by atoms with E-state index in [0.29, 0.717) is 5.82 Å². The molecule has 0 aliphatic rings. The van der Waals surface area contributed by atoms with E-state index >= 15 is 0 Å². The Morgan fingerprint density at radius 3 is 2.58 bits per heavy atom. The summed E-state index contributed by atoms with van der Waals surface area (Å²) in [5.74, 6) is -0.290. The van der Waals surface area contributed by atoms with Crippen molar-refractivity contribution in [3.63, 3.8) is 0 Å². The van der Waals surface area contributed by atoms with Gasteiger partial charge >= 0.3 is 5.97 Å². The maximum atomic E-state index is 12.9. The Labute approximate surface area is 110 Å². The molecule has 2 aromatic rings. The summed E-state index contributed by atoms with van der Waals surface area (Å²) in [7, 11) is 1.35. The first kappa shape index (κ1) is 13.2. The summed E-state index contributed by atoms with van der Waals surface area (Å²) in [4.78, 5) is 15.8. The lowest BCUT2D eigenvalue weighted by Crippen LogP contribution is -2.30. The highest BCUT2D eigenvalue weighted by Crippen LogP contribution is 2.24. The minimum atomic E-state index is -0.782. The van der Waals surface area contributed by atoms with Gasteiger partial charge in [-0.25, -0.2) is 14.1 Å². The molecule has 0 saturated carbocycles. The lowest BCUT2D eigenvalue weighted by atomic mass is 9.86. The number of hydrogen-bond acceptors (Lipinski definition) is 4. The third kappa shape index (κ3) is 2.47. The zero-order valence-electron chi connectivity index (χ0n) is 10.9. The Hall–Kier alpha value is -2.24. The molecule has 0 radical (unpaired) electrons. The van der Waals surface area contributed by atoms with Crippen LogP contribution >= 0.6 is 0 Å². The number of carbonyl (C=O) groups is 1. The van der Waals surface area contributed by atoms with Gasteiger partial charge < -0.3 is 4.74 Å². The van der Waals surface area contributed by atoms with Crippen LogP contribution in [0.25, 0.3) is 5.82 Å². The van der Waals surface area contributed by atoms with Gasteiger partial charge in [-0.2, -0.15) is 5.10 Å². The van der Waals surface area contributed by atoms with Crippen molar-refractivity contribution in [3.05, 3.63) is 42.1 Å². The van der Waals surface area contributed by atoms with Gasteiger partial charge in [-0.05, 0) is 25.5 Å². The Bertz CT molecular complexity index is 590. The maximum Gasteiger partial charge on any atom is 0.315 e. The molecule has 0 amide bonds. The van der Waals surface area contributed by atoms with Crippen molar-refractivity contribution in [2.45, 2.75) is 19.3 Å². The van der Waals surface area contributed by atoms with Gasteiger partial charge in [0.05, 0.1) is 24.9 Å². The van der Waals surface area contributed by atoms with E-state index in [-0.39, 0.29) is 5.97 Å². The molecule has 0 fully saturated rings. The Morgan fingerprint density at radius 2 is 2.11 bits per heavy atom. The summed E-state index contributed by atoms with van der Waals surface area (Å²) >= 11 is 0. The Balaban J connectivity index is 2.31. The molecule has 6 heteroatoms. The molecule has 0 aliphatic heterocycles. The minimum Gasteiger partial charge on any atom is -0.468 e. The number of nitrogens with zero attached hydrogens (tertiary/aromatic N) is 3. The van der Waals surface area contributed by atoms with Crippen LogP contribution < -0.4 is 0 Å². The fourth-order valence-corrected chi connectivity index (χ4v) is 1.69. The normalized spacial score (nSPS) is 11.4. The van der Waals surface area contributed by atoms with Crippen molar-refractivity contribution >= 4 is 5.97 Å². The van der Waals surface area contributed by atoms with E-state index in [9.17, 15) is 9.18 Å². The van der Waals surface area contributed by atoms with E-state index < -0.39 is 11.2 Å². The quantitative estimate of drug-likeness (QED) is 0.793. The molecule has 2 aromatic heterocycles. The van der Waals surface area contributed by atoms with Crippen molar-refractivity contribution in [1.82, 2.24) is 14.8 Å². The molecule has 0 bridgehead atoms. The molecule has 2 heterocycles. The summed E-state index contributed by atoms with van der Waals surface area (Å²) in [5, 5.41) is 3.82. The number of rotatable bonds is 3. The summed E-state index contributed by atoms with van der Waals surface area (Å²) in [5.41, 5.74) is -0.0638. The molecule has 0 N–H and O–H groups in total. The van der Waals surface area contributed by atoms with Crippen molar-refractivity contribution in [3.8, 4) is 5.82 Å². The second-order valence-corrected chi connectivity index (χ2v) is 4.62. The molecule has 0 spiro atoms. The molecule has 2 rings (SSSR count). The van der Waals surface area contributed by atoms with Crippen LogP contribution in [0, 0.1) is 5.82 Å². The first-order chi connectivity index (χ1) is 8.95. The first-order valence-corrected chi connectivity index (χ1v) is 5.70. The van der Waals surface area contributed by atoms with Gasteiger partial charge in [-0.15, -0.1) is 0 Å². The highest BCUT2D eigenvalue weighted by Gasteiger charge is 2.31. The van der Waals surface area contributed by atoms with Crippen LogP contribution in [0.15, 0.2) is 30.7 Å². The second kappa shape index (κ2) is 4.79. The average Bonchev–Trinajstić information content (AvgIpc) is 2.84. The monoisotopic (exact) mass is 263 g/mol. The molecule has 0 aromatic carbocycles. The van der Waals surface area contributed by atoms with Gasteiger partial charge in [0.15, 0.2) is 11.6 Å². The number of ether oxygens (including phenoxy) is 1. The average molecular weight is 263 g/mol. The fourth-order valence-electron chi connectivity index (χ4n) is 1.69. The predicted molar refractivity (Wildman–Crippen MR) is 66.4 cm³/mol. The van der Waals surface area contributed by atoms with Crippen LogP contribution in [-0.2, 0) is 14.9 Å². The van der Waals surface area contributed by atoms with E-state index in [1.807, 2.05) is 0 Å². The molecular weight excluding hydrogens is 249 g/mol. The summed E-state index contributed by atoms with van der Waals surface area (Å²) in [6.45, 7) is 3.51. The van der Waals surface area contributed by atoms with Crippen LogP contribution in [0.1, 0.15) is 19.4 Å². The first-order valence-electron chi connectivity index (χ1n) is 5.70. The van der Waals surface area contributed by atoms with Gasteiger partial charge in [0.2, 0.25) is 0 Å². The number of esters is 1. The maximum absolute atomic E-state index is 12.9. The molecule has 19 heavy (non-hydrogen) atoms. The van der Waals surface area contributed by atoms with Crippen LogP contribution in [0.5, 0.6) is 0 Å². The molecule has 0 aliphatic carbocycles. The van der Waals surface area contributed by atoms with Crippen molar-refractivity contribution < 1.29 is 13.9 Å². The van der Waals surface area contributed by atoms with Crippen LogP contribution in [0.4, 0.5) is 4.39 Å². The van der Waals surface area contributed by atoms with Gasteiger partial charge in [0.25, 0.3) is 0 Å². The standard InChI is InChI=1S/C13H14FN3O2/c1-13(2,12(18)19-3)9-4-5-11(15-6-9)17-8-10(14)7-16-17/h4-8H,1-3H3. The third-order valence-corrected chi connectivity index (χ3v) is 2.95. The van der Waals surface area contributed by atoms with E-state index in [1.165, 1.54) is 18.0 Å². The molecule has 100 valence electrons. The highest BCUT2D eigenvalue weighted by atomic mass is 19.1. The fraction of sp³-hybridized carbons (Fsp3) is 0.308. The van der Waals surface area contributed by atoms with Crippen molar-refractivity contribution in [1.29, 1.82) is 0 Å². The number of methoxy groups -OCH3 is 1. The van der Waals surface area contributed by atoms with Crippen LogP contribution in [0.3, 0.4) is 0 Å². The SMILES string of the molecule is COC(=O)C(C)(C)c1ccc(-n2cc(F)cn2)nc1. The number of pyridine rings is 1. The van der Waals surface area contributed by atoms with Crippen molar-refractivity contribution in [2.75, 3.05) is 7.11 Å². The third-order valence-electron chi connectivity index (χ3n) is 2.95. The number of halogens is 1. The van der Waals surface area contributed by atoms with Gasteiger partial charge in [-0.3, -0.25) is 4.79 Å². The van der Waals surface area contributed by atoms with E-state index in [4.69, 9.17) is 4.74 Å². The van der Waals surface area contributed by atoms with E-state index in [0.717, 1.165) is 11.8 Å². The Kier molecular flexibility index (Phi) is 3.33. The van der Waals surface area contributed by atoms with Crippen molar-refractivity contribution in [2.24, 2.45) is 0 Å². The minimum absolute atomic E-state index is 0.341. The summed E-state index contributed by atoms with van der Waals surface area (Å²) in [6, 6.07) is 3.42. The number of aromatic nitrogens is 3. The molecule has 0 atom stereocenters. The smallest absolute Gasteiger partial charge is 0.315 e. The van der Waals surface area contributed by atoms with Crippen LogP contribution in [-0.4, -0.2) is 27.8 Å². The Morgan fingerprint density at radius 1 is 1.37 bits per heavy atom. The second-order valence-electron chi connectivity index (χ2n) is 4.62. The van der Waals surface area contributed by atoms with Gasteiger partial charge in [0.1, 0.15) is 0 Å². The molecular formula is C13H14FN3O2. The van der Waals surface area contributed by atoms with E-state index in [1.54, 1.807) is 32.2 Å². The number of hydrogen-bond donors (Lipinski definition) is 0. The summed E-state index contributed by atoms with van der Waals surface area (Å²) < 4.78 is 18.9. The van der Waals surface area contributed by atoms with E-state index in [2.05, 4.69) is 10.1 Å². The zero-order valence-corrected chi connectivity index (χ0v) is 10.9. The molecule has 0 unspecified atom stereocenters. The lowest BCUT2D eigenvalue weighted by molar-refractivity contribution is -0.146.